The minimum absolute atomic E-state index is 0.180. The molecule has 2 rings (SSSR count). The molecular weight excluding hydrogens is 252 g/mol. The van der Waals surface area contributed by atoms with Crippen molar-refractivity contribution in [3.05, 3.63) is 34.7 Å². The summed E-state index contributed by atoms with van der Waals surface area (Å²) in [7, 11) is 0. The van der Waals surface area contributed by atoms with Gasteiger partial charge in [0.05, 0.1) is 0 Å². The van der Waals surface area contributed by atoms with Gasteiger partial charge < -0.3 is 13.9 Å². The van der Waals surface area contributed by atoms with E-state index in [0.717, 1.165) is 0 Å². The van der Waals surface area contributed by atoms with Crippen LogP contribution in [-0.2, 0) is 9.59 Å². The number of carbonyl (C=O) groups is 2. The van der Waals surface area contributed by atoms with Gasteiger partial charge in [-0.05, 0) is 18.2 Å². The summed E-state index contributed by atoms with van der Waals surface area (Å²) in [6.07, 6.45) is 0. The van der Waals surface area contributed by atoms with Crippen molar-refractivity contribution in [2.75, 3.05) is 0 Å². The van der Waals surface area contributed by atoms with E-state index in [0.29, 0.717) is 5.39 Å². The second-order valence-electron chi connectivity index (χ2n) is 3.79. The molecule has 0 aliphatic carbocycles. The molecular formula is C13H10O6. The van der Waals surface area contributed by atoms with E-state index in [1.54, 1.807) is 12.1 Å². The molecule has 0 aliphatic heterocycles. The number of rotatable bonds is 2. The first-order valence-corrected chi connectivity index (χ1v) is 5.40. The highest BCUT2D eigenvalue weighted by molar-refractivity contribution is 5.81. The number of benzene rings is 1. The van der Waals surface area contributed by atoms with Crippen molar-refractivity contribution in [3.8, 4) is 11.5 Å². The third-order valence-electron chi connectivity index (χ3n) is 2.19. The highest BCUT2D eigenvalue weighted by atomic mass is 16.5. The van der Waals surface area contributed by atoms with Crippen LogP contribution in [-0.4, -0.2) is 11.9 Å². The van der Waals surface area contributed by atoms with Gasteiger partial charge in [0.1, 0.15) is 11.3 Å². The summed E-state index contributed by atoms with van der Waals surface area (Å²) in [4.78, 5) is 33.2. The maximum atomic E-state index is 11.6. The van der Waals surface area contributed by atoms with Gasteiger partial charge in [-0.1, -0.05) is 0 Å². The summed E-state index contributed by atoms with van der Waals surface area (Å²) < 4.78 is 14.6. The fourth-order valence-corrected chi connectivity index (χ4v) is 1.53. The Morgan fingerprint density at radius 1 is 1.05 bits per heavy atom. The lowest BCUT2D eigenvalue weighted by Crippen LogP contribution is -2.10. The monoisotopic (exact) mass is 262 g/mol. The zero-order chi connectivity index (χ0) is 14.0. The largest absolute Gasteiger partial charge is 0.427 e. The highest BCUT2D eigenvalue weighted by Gasteiger charge is 2.09. The Labute approximate surface area is 107 Å². The molecule has 0 fully saturated rings. The Morgan fingerprint density at radius 2 is 1.74 bits per heavy atom. The van der Waals surface area contributed by atoms with E-state index < -0.39 is 17.6 Å². The molecule has 0 aliphatic rings. The third-order valence-corrected chi connectivity index (χ3v) is 2.19. The van der Waals surface area contributed by atoms with Crippen LogP contribution < -0.4 is 15.1 Å². The van der Waals surface area contributed by atoms with Crippen LogP contribution in [0.4, 0.5) is 0 Å². The number of hydrogen-bond acceptors (Lipinski definition) is 6. The second kappa shape index (κ2) is 4.93. The standard InChI is InChI=1S/C13H10O6/c1-7(14)17-10-4-3-9-5-12(18-8(2)15)13(16)19-11(9)6-10/h3-6H,1-2H3. The van der Waals surface area contributed by atoms with Gasteiger partial charge in [-0.3, -0.25) is 9.59 Å². The lowest BCUT2D eigenvalue weighted by molar-refractivity contribution is -0.133. The van der Waals surface area contributed by atoms with Crippen molar-refractivity contribution < 1.29 is 23.5 Å². The van der Waals surface area contributed by atoms with E-state index in [-0.39, 0.29) is 17.1 Å². The van der Waals surface area contributed by atoms with Crippen LogP contribution in [0, 0.1) is 0 Å². The van der Waals surface area contributed by atoms with E-state index in [1.165, 1.54) is 26.0 Å². The van der Waals surface area contributed by atoms with Crippen molar-refractivity contribution >= 4 is 22.9 Å². The molecule has 0 saturated heterocycles. The molecule has 0 saturated carbocycles. The van der Waals surface area contributed by atoms with Gasteiger partial charge in [-0.25, -0.2) is 4.79 Å². The van der Waals surface area contributed by atoms with E-state index in [9.17, 15) is 14.4 Å². The van der Waals surface area contributed by atoms with Crippen LogP contribution >= 0.6 is 0 Å². The fraction of sp³-hybridized carbons (Fsp3) is 0.154. The van der Waals surface area contributed by atoms with E-state index >= 15 is 0 Å². The molecule has 0 unspecified atom stereocenters. The number of carbonyl (C=O) groups excluding carboxylic acids is 2. The second-order valence-corrected chi connectivity index (χ2v) is 3.79. The van der Waals surface area contributed by atoms with Gasteiger partial charge in [-0.15, -0.1) is 0 Å². The Morgan fingerprint density at radius 3 is 2.37 bits per heavy atom. The summed E-state index contributed by atoms with van der Waals surface area (Å²) >= 11 is 0. The zero-order valence-electron chi connectivity index (χ0n) is 10.3. The van der Waals surface area contributed by atoms with Gasteiger partial charge in [0.25, 0.3) is 0 Å². The van der Waals surface area contributed by atoms with E-state index in [4.69, 9.17) is 13.9 Å². The molecule has 98 valence electrons. The van der Waals surface area contributed by atoms with Gasteiger partial charge in [-0.2, -0.15) is 0 Å². The topological polar surface area (TPSA) is 82.8 Å². The normalized spacial score (nSPS) is 10.2. The first kappa shape index (κ1) is 12.8. The molecule has 19 heavy (non-hydrogen) atoms. The minimum atomic E-state index is -0.775. The molecule has 0 atom stereocenters. The summed E-state index contributed by atoms with van der Waals surface area (Å²) in [5, 5.41) is 0.548. The van der Waals surface area contributed by atoms with Crippen molar-refractivity contribution in [1.29, 1.82) is 0 Å². The molecule has 1 aromatic heterocycles. The number of esters is 2. The molecule has 0 radical (unpaired) electrons. The van der Waals surface area contributed by atoms with E-state index in [2.05, 4.69) is 0 Å². The van der Waals surface area contributed by atoms with Crippen molar-refractivity contribution in [3.63, 3.8) is 0 Å². The first-order chi connectivity index (χ1) is 8.95. The van der Waals surface area contributed by atoms with Crippen molar-refractivity contribution in [2.24, 2.45) is 0 Å². The maximum absolute atomic E-state index is 11.6. The predicted octanol–water partition coefficient (Wildman–Crippen LogP) is 1.64. The highest BCUT2D eigenvalue weighted by Crippen LogP contribution is 2.22. The maximum Gasteiger partial charge on any atom is 0.379 e. The van der Waals surface area contributed by atoms with Crippen molar-refractivity contribution in [1.82, 2.24) is 0 Å². The third kappa shape index (κ3) is 2.98. The Hall–Kier alpha value is -2.63. The quantitative estimate of drug-likeness (QED) is 0.465. The lowest BCUT2D eigenvalue weighted by Gasteiger charge is -2.04. The predicted molar refractivity (Wildman–Crippen MR) is 65.1 cm³/mol. The molecule has 2 aromatic rings. The van der Waals surface area contributed by atoms with Crippen molar-refractivity contribution in [2.45, 2.75) is 13.8 Å². The van der Waals surface area contributed by atoms with Gasteiger partial charge >= 0.3 is 17.6 Å². The zero-order valence-corrected chi connectivity index (χ0v) is 10.3. The molecule has 0 spiro atoms. The first-order valence-electron chi connectivity index (χ1n) is 5.40. The summed E-state index contributed by atoms with van der Waals surface area (Å²) in [5.74, 6) is -0.995. The average molecular weight is 262 g/mol. The number of hydrogen-bond donors (Lipinski definition) is 0. The van der Waals surface area contributed by atoms with E-state index in [1.807, 2.05) is 0 Å². The van der Waals surface area contributed by atoms with Crippen LogP contribution in [0.15, 0.2) is 33.5 Å². The van der Waals surface area contributed by atoms with Crippen LogP contribution in [0.2, 0.25) is 0 Å². The Kier molecular flexibility index (Phi) is 3.33. The molecule has 6 heteroatoms. The molecule has 0 amide bonds. The van der Waals surface area contributed by atoms with Gasteiger partial charge in [0, 0.05) is 25.3 Å². The number of fused-ring (bicyclic) bond motifs is 1. The van der Waals surface area contributed by atoms with Crippen LogP contribution in [0.1, 0.15) is 13.8 Å². The van der Waals surface area contributed by atoms with Crippen LogP contribution in [0.3, 0.4) is 0 Å². The Bertz CT molecular complexity index is 713. The molecule has 6 nitrogen and oxygen atoms in total. The number of ether oxygens (including phenoxy) is 2. The van der Waals surface area contributed by atoms with Crippen LogP contribution in [0.5, 0.6) is 11.5 Å². The van der Waals surface area contributed by atoms with Crippen LogP contribution in [0.25, 0.3) is 11.0 Å². The molecule has 1 aromatic carbocycles. The lowest BCUT2D eigenvalue weighted by atomic mass is 10.2. The smallest absolute Gasteiger partial charge is 0.379 e. The fourth-order valence-electron chi connectivity index (χ4n) is 1.53. The molecule has 0 bridgehead atoms. The SMILES string of the molecule is CC(=O)Oc1ccc2cc(OC(C)=O)c(=O)oc2c1. The summed E-state index contributed by atoms with van der Waals surface area (Å²) in [6.45, 7) is 2.46. The molecule has 1 heterocycles. The summed E-state index contributed by atoms with van der Waals surface area (Å²) in [6, 6.07) is 5.93. The van der Waals surface area contributed by atoms with Gasteiger partial charge in [0.2, 0.25) is 5.75 Å². The summed E-state index contributed by atoms with van der Waals surface area (Å²) in [5.41, 5.74) is -0.540. The molecule has 0 N–H and O–H groups in total. The van der Waals surface area contributed by atoms with Gasteiger partial charge in [0.15, 0.2) is 0 Å². The Balaban J connectivity index is 2.48. The average Bonchev–Trinajstić information content (AvgIpc) is 2.29. The minimum Gasteiger partial charge on any atom is -0.427 e.